The number of likely N-dealkylation sites (tertiary alicyclic amines) is 1. The molecule has 0 saturated carbocycles. The van der Waals surface area contributed by atoms with Gasteiger partial charge in [-0.1, -0.05) is 23.7 Å². The lowest BCUT2D eigenvalue weighted by Crippen LogP contribution is -2.41. The highest BCUT2D eigenvalue weighted by atomic mass is 35.5. The monoisotopic (exact) mass is 486 g/mol. The fourth-order valence-electron chi connectivity index (χ4n) is 4.33. The molecule has 1 saturated heterocycles. The van der Waals surface area contributed by atoms with Gasteiger partial charge in [-0.3, -0.25) is 4.79 Å². The lowest BCUT2D eigenvalue weighted by molar-refractivity contribution is 0.0630. The van der Waals surface area contributed by atoms with Crippen molar-refractivity contribution in [1.82, 2.24) is 10.2 Å². The molecule has 0 aliphatic carbocycles. The van der Waals surface area contributed by atoms with Crippen LogP contribution < -0.4 is 15.5 Å². The molecule has 0 spiro atoms. The number of halogens is 1. The summed E-state index contributed by atoms with van der Waals surface area (Å²) in [6.45, 7) is 4.64. The number of aliphatic hydroxyl groups excluding tert-OH is 1. The van der Waals surface area contributed by atoms with E-state index >= 15 is 0 Å². The number of phenols is 1. The topological polar surface area (TPSA) is 112 Å². The number of carbonyl (C=O) groups is 1. The number of rotatable bonds is 4. The standard InChI is InChI=1S/C25H27ClN2O6/c1-13(2)27-25(32)34-21-11-18(30)23-17(29)10-20(14-6-4-5-7-16(14)26)33-24(23)22(21)15-8-9-28(3)12-19(15)31/h4-7,10-11,13,15,19,30-31H,8-9,12H2,1-3H3,(H,27,32)/t15-,19+/m0/s1. The zero-order valence-electron chi connectivity index (χ0n) is 19.2. The second-order valence-corrected chi connectivity index (χ2v) is 9.29. The van der Waals surface area contributed by atoms with E-state index < -0.39 is 23.5 Å². The number of aliphatic hydroxyl groups is 1. The van der Waals surface area contributed by atoms with Crippen molar-refractivity contribution in [3.05, 3.63) is 57.2 Å². The van der Waals surface area contributed by atoms with Crippen molar-refractivity contribution in [2.45, 2.75) is 38.3 Å². The van der Waals surface area contributed by atoms with Crippen molar-refractivity contribution >= 4 is 28.7 Å². The van der Waals surface area contributed by atoms with E-state index in [1.807, 2.05) is 11.9 Å². The molecule has 9 heteroatoms. The molecule has 0 unspecified atom stereocenters. The minimum Gasteiger partial charge on any atom is -0.507 e. The van der Waals surface area contributed by atoms with Crippen molar-refractivity contribution in [2.75, 3.05) is 20.1 Å². The minimum atomic E-state index is -0.809. The summed E-state index contributed by atoms with van der Waals surface area (Å²) in [5, 5.41) is 24.6. The average molecular weight is 487 g/mol. The maximum atomic E-state index is 13.1. The summed E-state index contributed by atoms with van der Waals surface area (Å²) in [5.74, 6) is -0.648. The molecule has 2 aromatic carbocycles. The van der Waals surface area contributed by atoms with E-state index in [1.165, 1.54) is 12.1 Å². The Bertz CT molecular complexity index is 1290. The fourth-order valence-corrected chi connectivity index (χ4v) is 4.56. The quantitative estimate of drug-likeness (QED) is 0.509. The number of carbonyl (C=O) groups excluding carboxylic acids is 1. The number of ether oxygens (including phenoxy) is 1. The van der Waals surface area contributed by atoms with Gasteiger partial charge in [0.05, 0.1) is 11.1 Å². The largest absolute Gasteiger partial charge is 0.507 e. The van der Waals surface area contributed by atoms with Gasteiger partial charge >= 0.3 is 6.09 Å². The molecule has 1 aliphatic heterocycles. The molecule has 2 atom stereocenters. The number of hydrogen-bond donors (Lipinski definition) is 3. The van der Waals surface area contributed by atoms with Crippen LogP contribution in [0.4, 0.5) is 4.79 Å². The van der Waals surface area contributed by atoms with Crippen LogP contribution in [-0.4, -0.2) is 53.5 Å². The van der Waals surface area contributed by atoms with E-state index in [1.54, 1.807) is 38.1 Å². The van der Waals surface area contributed by atoms with Gasteiger partial charge in [0.25, 0.3) is 0 Å². The molecule has 4 rings (SSSR count). The molecule has 0 bridgehead atoms. The lowest BCUT2D eigenvalue weighted by Gasteiger charge is -2.34. The summed E-state index contributed by atoms with van der Waals surface area (Å²) in [6, 6.07) is 9.24. The van der Waals surface area contributed by atoms with Gasteiger partial charge < -0.3 is 29.6 Å². The number of amides is 1. The normalized spacial score (nSPS) is 18.9. The van der Waals surface area contributed by atoms with Gasteiger partial charge in [0, 0.05) is 41.8 Å². The number of nitrogens with zero attached hydrogens (tertiary/aromatic N) is 1. The first-order chi connectivity index (χ1) is 16.2. The van der Waals surface area contributed by atoms with Crippen LogP contribution >= 0.6 is 11.6 Å². The molecule has 1 fully saturated rings. The van der Waals surface area contributed by atoms with Crippen LogP contribution in [0.5, 0.6) is 11.5 Å². The van der Waals surface area contributed by atoms with Crippen LogP contribution in [0.2, 0.25) is 5.02 Å². The van der Waals surface area contributed by atoms with E-state index in [0.29, 0.717) is 35.7 Å². The average Bonchev–Trinajstić information content (AvgIpc) is 2.74. The molecule has 3 N–H and O–H groups in total. The number of phenolic OH excluding ortho intramolecular Hbond substituents is 1. The molecule has 1 aliphatic rings. The van der Waals surface area contributed by atoms with E-state index in [0.717, 1.165) is 0 Å². The Labute approximate surface area is 201 Å². The summed E-state index contributed by atoms with van der Waals surface area (Å²) < 4.78 is 11.7. The van der Waals surface area contributed by atoms with Gasteiger partial charge in [0.1, 0.15) is 28.2 Å². The molecule has 34 heavy (non-hydrogen) atoms. The van der Waals surface area contributed by atoms with E-state index in [4.69, 9.17) is 20.8 Å². The highest BCUT2D eigenvalue weighted by Crippen LogP contribution is 2.43. The SMILES string of the molecule is CC(C)NC(=O)Oc1cc(O)c2c(=O)cc(-c3ccccc3Cl)oc2c1[C@H]1CCN(C)C[C@H]1O. The fraction of sp³-hybridized carbons (Fsp3) is 0.360. The Hall–Kier alpha value is -3.07. The molecule has 0 radical (unpaired) electrons. The molecule has 3 aromatic rings. The summed E-state index contributed by atoms with van der Waals surface area (Å²) in [7, 11) is 1.90. The highest BCUT2D eigenvalue weighted by molar-refractivity contribution is 6.33. The van der Waals surface area contributed by atoms with Crippen molar-refractivity contribution in [3.63, 3.8) is 0 Å². The summed E-state index contributed by atoms with van der Waals surface area (Å²) >= 11 is 6.34. The minimum absolute atomic E-state index is 0.0243. The number of likely N-dealkylation sites (N-methyl/N-ethyl adjacent to an activating group) is 1. The van der Waals surface area contributed by atoms with Crippen LogP contribution in [0.3, 0.4) is 0 Å². The van der Waals surface area contributed by atoms with Crippen molar-refractivity contribution in [2.24, 2.45) is 0 Å². The zero-order chi connectivity index (χ0) is 24.6. The number of hydrogen-bond acceptors (Lipinski definition) is 7. The van der Waals surface area contributed by atoms with E-state index in [9.17, 15) is 19.8 Å². The van der Waals surface area contributed by atoms with Gasteiger partial charge in [-0.2, -0.15) is 0 Å². The smallest absolute Gasteiger partial charge is 0.412 e. The lowest BCUT2D eigenvalue weighted by atomic mass is 9.85. The molecule has 1 aromatic heterocycles. The van der Waals surface area contributed by atoms with E-state index in [-0.39, 0.29) is 34.3 Å². The number of nitrogens with one attached hydrogen (secondary N) is 1. The Morgan fingerprint density at radius 3 is 2.71 bits per heavy atom. The third kappa shape index (κ3) is 4.75. The first-order valence-corrected chi connectivity index (χ1v) is 11.5. The zero-order valence-corrected chi connectivity index (χ0v) is 19.9. The number of benzene rings is 2. The molecule has 2 heterocycles. The van der Waals surface area contributed by atoms with Crippen molar-refractivity contribution in [3.8, 4) is 22.8 Å². The number of fused-ring (bicyclic) bond motifs is 1. The number of piperidine rings is 1. The molecule has 1 amide bonds. The Kier molecular flexibility index (Phi) is 6.84. The van der Waals surface area contributed by atoms with Gasteiger partial charge in [0.15, 0.2) is 5.43 Å². The van der Waals surface area contributed by atoms with E-state index in [2.05, 4.69) is 5.32 Å². The van der Waals surface area contributed by atoms with Crippen LogP contribution in [0.15, 0.2) is 45.6 Å². The van der Waals surface area contributed by atoms with Gasteiger partial charge in [-0.05, 0) is 46.0 Å². The van der Waals surface area contributed by atoms with Crippen molar-refractivity contribution in [1.29, 1.82) is 0 Å². The van der Waals surface area contributed by atoms with Gasteiger partial charge in [-0.25, -0.2) is 4.79 Å². The third-order valence-electron chi connectivity index (χ3n) is 5.89. The first kappa shape index (κ1) is 24.1. The Balaban J connectivity index is 1.98. The summed E-state index contributed by atoms with van der Waals surface area (Å²) in [5.41, 5.74) is 0.443. The highest BCUT2D eigenvalue weighted by Gasteiger charge is 2.34. The molecule has 8 nitrogen and oxygen atoms in total. The molecular formula is C25H27ClN2O6. The van der Waals surface area contributed by atoms with Crippen LogP contribution in [0.25, 0.3) is 22.3 Å². The maximum Gasteiger partial charge on any atom is 0.412 e. The second kappa shape index (κ2) is 9.66. The Morgan fingerprint density at radius 2 is 2.03 bits per heavy atom. The summed E-state index contributed by atoms with van der Waals surface area (Å²) in [6.07, 6.45) is -1.00. The Morgan fingerprint density at radius 1 is 1.29 bits per heavy atom. The van der Waals surface area contributed by atoms with Gasteiger partial charge in [-0.15, -0.1) is 0 Å². The third-order valence-corrected chi connectivity index (χ3v) is 6.22. The molecule has 180 valence electrons. The first-order valence-electron chi connectivity index (χ1n) is 11.1. The summed E-state index contributed by atoms with van der Waals surface area (Å²) in [4.78, 5) is 27.5. The molecular weight excluding hydrogens is 460 g/mol. The van der Waals surface area contributed by atoms with Crippen LogP contribution in [-0.2, 0) is 0 Å². The van der Waals surface area contributed by atoms with Crippen molar-refractivity contribution < 1.29 is 24.2 Å². The maximum absolute atomic E-state index is 13.1. The number of aromatic hydroxyl groups is 1. The van der Waals surface area contributed by atoms with Gasteiger partial charge in [0.2, 0.25) is 0 Å². The number of β-amino-alcohol motifs (C(OH)–C–C–N with tert-alkyl or cyclic N) is 1. The second-order valence-electron chi connectivity index (χ2n) is 8.88. The van der Waals surface area contributed by atoms with Crippen LogP contribution in [0.1, 0.15) is 31.7 Å². The predicted molar refractivity (Wildman–Crippen MR) is 130 cm³/mol. The van der Waals surface area contributed by atoms with Crippen LogP contribution in [0, 0.1) is 0 Å². The predicted octanol–water partition coefficient (Wildman–Crippen LogP) is 4.10.